The van der Waals surface area contributed by atoms with E-state index in [1.807, 2.05) is 12.2 Å². The third-order valence-electron chi connectivity index (χ3n) is 11.0. The molecule has 0 saturated carbocycles. The predicted molar refractivity (Wildman–Crippen MR) is 288 cm³/mol. The van der Waals surface area contributed by atoms with Crippen molar-refractivity contribution in [2.45, 2.75) is 232 Å². The number of rotatable bonds is 47. The van der Waals surface area contributed by atoms with Gasteiger partial charge in [0.25, 0.3) is 0 Å². The molecular formula is C61H98O6. The fraction of sp³-hybridized carbons (Fsp3) is 0.623. The van der Waals surface area contributed by atoms with E-state index in [1.165, 1.54) is 77.0 Å². The molecule has 0 rings (SSSR count). The lowest BCUT2D eigenvalue weighted by Gasteiger charge is -2.18. The van der Waals surface area contributed by atoms with Gasteiger partial charge in [-0.3, -0.25) is 14.4 Å². The highest BCUT2D eigenvalue weighted by molar-refractivity contribution is 5.71. The first kappa shape index (κ1) is 62.8. The van der Waals surface area contributed by atoms with Gasteiger partial charge in [0.05, 0.1) is 0 Å². The van der Waals surface area contributed by atoms with Gasteiger partial charge in [0.1, 0.15) is 13.2 Å². The monoisotopic (exact) mass is 927 g/mol. The SMILES string of the molecule is CC/C=C/C=C/C=C/CCCCCCCC(=O)OCC(COC(=O)CC/C=C/C/C=C/C/C=C/C/C=C/C/C=C/C/C=C/CC)OC(=O)CCCCCCCCC/C=C/CCCCCCCC. The van der Waals surface area contributed by atoms with Crippen LogP contribution >= 0.6 is 0 Å². The predicted octanol–water partition coefficient (Wildman–Crippen LogP) is 18.1. The minimum absolute atomic E-state index is 0.117. The van der Waals surface area contributed by atoms with Gasteiger partial charge in [-0.25, -0.2) is 0 Å². The van der Waals surface area contributed by atoms with E-state index in [9.17, 15) is 14.4 Å². The van der Waals surface area contributed by atoms with Crippen LogP contribution in [0.3, 0.4) is 0 Å². The van der Waals surface area contributed by atoms with E-state index in [0.717, 1.165) is 103 Å². The van der Waals surface area contributed by atoms with Crippen LogP contribution < -0.4 is 0 Å². The van der Waals surface area contributed by atoms with E-state index < -0.39 is 6.10 Å². The second-order valence-electron chi connectivity index (χ2n) is 17.4. The van der Waals surface area contributed by atoms with E-state index in [-0.39, 0.29) is 37.5 Å². The van der Waals surface area contributed by atoms with E-state index in [2.05, 4.69) is 130 Å². The van der Waals surface area contributed by atoms with Crippen LogP contribution in [0.1, 0.15) is 226 Å². The highest BCUT2D eigenvalue weighted by atomic mass is 16.6. The summed E-state index contributed by atoms with van der Waals surface area (Å²) >= 11 is 0. The van der Waals surface area contributed by atoms with Crippen molar-refractivity contribution < 1.29 is 28.6 Å². The summed E-state index contributed by atoms with van der Waals surface area (Å²) < 4.78 is 16.7. The maximum atomic E-state index is 12.8. The van der Waals surface area contributed by atoms with Crippen molar-refractivity contribution in [1.82, 2.24) is 0 Å². The average Bonchev–Trinajstić information content (AvgIpc) is 3.33. The zero-order chi connectivity index (χ0) is 48.6. The topological polar surface area (TPSA) is 78.9 Å². The van der Waals surface area contributed by atoms with Crippen molar-refractivity contribution in [3.8, 4) is 0 Å². The van der Waals surface area contributed by atoms with Crippen molar-refractivity contribution in [3.05, 3.63) is 122 Å². The number of hydrogen-bond donors (Lipinski definition) is 0. The lowest BCUT2D eigenvalue weighted by molar-refractivity contribution is -0.166. The van der Waals surface area contributed by atoms with Crippen molar-refractivity contribution in [1.29, 1.82) is 0 Å². The Morgan fingerprint density at radius 3 is 1.16 bits per heavy atom. The number of esters is 3. The van der Waals surface area contributed by atoms with E-state index >= 15 is 0 Å². The average molecular weight is 927 g/mol. The Kier molecular flexibility index (Phi) is 51.0. The summed E-state index contributed by atoms with van der Waals surface area (Å²) in [6.07, 6.45) is 74.8. The van der Waals surface area contributed by atoms with Gasteiger partial charge in [0, 0.05) is 19.3 Å². The van der Waals surface area contributed by atoms with E-state index in [0.29, 0.717) is 19.3 Å². The molecule has 0 saturated heterocycles. The summed E-state index contributed by atoms with van der Waals surface area (Å²) in [5.41, 5.74) is 0. The maximum absolute atomic E-state index is 12.8. The van der Waals surface area contributed by atoms with Gasteiger partial charge in [-0.2, -0.15) is 0 Å². The smallest absolute Gasteiger partial charge is 0.306 e. The highest BCUT2D eigenvalue weighted by Crippen LogP contribution is 2.13. The molecule has 0 heterocycles. The van der Waals surface area contributed by atoms with E-state index in [1.54, 1.807) is 0 Å². The third-order valence-corrected chi connectivity index (χ3v) is 11.0. The molecule has 0 aliphatic carbocycles. The molecule has 0 aliphatic rings. The maximum Gasteiger partial charge on any atom is 0.306 e. The Morgan fingerprint density at radius 2 is 0.687 bits per heavy atom. The number of allylic oxidation sites excluding steroid dienone is 20. The summed E-state index contributed by atoms with van der Waals surface area (Å²) in [5.74, 6) is -1.03. The Balaban J connectivity index is 4.54. The van der Waals surface area contributed by atoms with Gasteiger partial charge < -0.3 is 14.2 Å². The molecule has 0 aromatic carbocycles. The Hall–Kier alpha value is -4.19. The van der Waals surface area contributed by atoms with Gasteiger partial charge in [0.15, 0.2) is 6.10 Å². The molecule has 6 heteroatoms. The van der Waals surface area contributed by atoms with Crippen molar-refractivity contribution >= 4 is 17.9 Å². The van der Waals surface area contributed by atoms with Gasteiger partial charge in [0.2, 0.25) is 0 Å². The molecule has 6 nitrogen and oxygen atoms in total. The molecule has 67 heavy (non-hydrogen) atoms. The second-order valence-corrected chi connectivity index (χ2v) is 17.4. The quantitative estimate of drug-likeness (QED) is 0.0199. The standard InChI is InChI=1S/C61H98O6/c1-4-7-10-13-16-19-22-25-27-29-30-32-33-36-39-42-45-48-51-54-60(63)66-57-58(56-65-59(62)53-50-47-44-41-38-35-24-21-18-15-12-9-6-3)67-61(64)55-52-49-46-43-40-37-34-31-28-26-23-20-17-14-11-8-5-2/h7,9-10,12,15-16,18-19,21,24-28,30,32,36,39,45,48,58H,4-6,8,11,13-14,17,20,22-23,29,31,33-35,37-38,40-44,46-47,49-57H2,1-3H3/b10-7+,12-9+,18-15+,19-16+,24-21+,27-25+,28-26+,32-30+,39-36+,48-45+. The summed E-state index contributed by atoms with van der Waals surface area (Å²) in [6.45, 7) is 6.29. The molecule has 0 radical (unpaired) electrons. The minimum atomic E-state index is -0.823. The number of hydrogen-bond acceptors (Lipinski definition) is 6. The molecule has 1 atom stereocenters. The highest BCUT2D eigenvalue weighted by Gasteiger charge is 2.19. The summed E-state index contributed by atoms with van der Waals surface area (Å²) in [6, 6.07) is 0. The molecule has 0 N–H and O–H groups in total. The Labute approximate surface area is 412 Å². The Bertz CT molecular complexity index is 1440. The second kappa shape index (κ2) is 54.4. The summed E-state index contributed by atoms with van der Waals surface area (Å²) in [5, 5.41) is 0. The van der Waals surface area contributed by atoms with Gasteiger partial charge in [-0.15, -0.1) is 0 Å². The van der Waals surface area contributed by atoms with Crippen LogP contribution in [0.25, 0.3) is 0 Å². The zero-order valence-corrected chi connectivity index (χ0v) is 43.1. The van der Waals surface area contributed by atoms with Crippen LogP contribution in [-0.4, -0.2) is 37.2 Å². The van der Waals surface area contributed by atoms with Gasteiger partial charge >= 0.3 is 17.9 Å². The van der Waals surface area contributed by atoms with Crippen LogP contribution in [0.4, 0.5) is 0 Å². The first-order valence-electron chi connectivity index (χ1n) is 27.1. The van der Waals surface area contributed by atoms with Crippen LogP contribution in [0.15, 0.2) is 122 Å². The first-order valence-corrected chi connectivity index (χ1v) is 27.1. The molecule has 0 spiro atoms. The third kappa shape index (κ3) is 52.6. The number of carbonyl (C=O) groups excluding carboxylic acids is 3. The number of carbonyl (C=O) groups is 3. The van der Waals surface area contributed by atoms with Gasteiger partial charge in [-0.1, -0.05) is 226 Å². The molecule has 0 aromatic heterocycles. The van der Waals surface area contributed by atoms with Crippen LogP contribution in [0.2, 0.25) is 0 Å². The van der Waals surface area contributed by atoms with Crippen molar-refractivity contribution in [2.75, 3.05) is 13.2 Å². The Morgan fingerprint density at radius 1 is 0.328 bits per heavy atom. The summed E-state index contributed by atoms with van der Waals surface area (Å²) in [4.78, 5) is 38.0. The van der Waals surface area contributed by atoms with Crippen LogP contribution in [-0.2, 0) is 28.6 Å². The molecule has 0 fully saturated rings. The van der Waals surface area contributed by atoms with Crippen LogP contribution in [0, 0.1) is 0 Å². The molecule has 0 aliphatic heterocycles. The van der Waals surface area contributed by atoms with Crippen molar-refractivity contribution in [2.24, 2.45) is 0 Å². The molecular weight excluding hydrogens is 829 g/mol. The molecule has 0 bridgehead atoms. The number of unbranched alkanes of at least 4 members (excludes halogenated alkanes) is 18. The van der Waals surface area contributed by atoms with Gasteiger partial charge in [-0.05, 0) is 103 Å². The van der Waals surface area contributed by atoms with E-state index in [4.69, 9.17) is 14.2 Å². The normalized spacial score (nSPS) is 13.1. The lowest BCUT2D eigenvalue weighted by Crippen LogP contribution is -2.30. The fourth-order valence-electron chi connectivity index (χ4n) is 6.99. The largest absolute Gasteiger partial charge is 0.462 e. The summed E-state index contributed by atoms with van der Waals surface area (Å²) in [7, 11) is 0. The number of ether oxygens (including phenoxy) is 3. The zero-order valence-electron chi connectivity index (χ0n) is 43.1. The molecule has 1 unspecified atom stereocenters. The van der Waals surface area contributed by atoms with Crippen LogP contribution in [0.5, 0.6) is 0 Å². The lowest BCUT2D eigenvalue weighted by atomic mass is 10.1. The molecule has 378 valence electrons. The minimum Gasteiger partial charge on any atom is -0.462 e. The molecule has 0 aromatic rings. The first-order chi connectivity index (χ1) is 33.0. The molecule has 0 amide bonds. The fourth-order valence-corrected chi connectivity index (χ4v) is 6.99. The van der Waals surface area contributed by atoms with Crippen molar-refractivity contribution in [3.63, 3.8) is 0 Å².